The lowest BCUT2D eigenvalue weighted by atomic mass is 9.81. The highest BCUT2D eigenvalue weighted by atomic mass is 16.6. The molecule has 0 N–H and O–H groups in total. The average Bonchev–Trinajstić information content (AvgIpc) is 2.54. The third-order valence-corrected chi connectivity index (χ3v) is 3.73. The average molecular weight is 180 g/mol. The zero-order chi connectivity index (χ0) is 9.64. The predicted molar refractivity (Wildman–Crippen MR) is 51.8 cm³/mol. The van der Waals surface area contributed by atoms with Gasteiger partial charge in [-0.05, 0) is 12.8 Å². The molecule has 72 valence electrons. The van der Waals surface area contributed by atoms with Crippen molar-refractivity contribution in [1.29, 1.82) is 0 Å². The van der Waals surface area contributed by atoms with E-state index >= 15 is 0 Å². The molecule has 2 saturated heterocycles. The van der Waals surface area contributed by atoms with E-state index in [4.69, 9.17) is 17.3 Å². The summed E-state index contributed by atoms with van der Waals surface area (Å²) in [6.45, 7) is 6.49. The first kappa shape index (κ1) is 9.54. The Morgan fingerprint density at radius 2 is 2.08 bits per heavy atom. The van der Waals surface area contributed by atoms with Gasteiger partial charge in [0.1, 0.15) is 7.85 Å². The van der Waals surface area contributed by atoms with E-state index in [0.717, 1.165) is 12.8 Å². The van der Waals surface area contributed by atoms with E-state index in [0.29, 0.717) is 5.92 Å². The third kappa shape index (κ3) is 1.03. The van der Waals surface area contributed by atoms with Crippen LogP contribution in [-0.2, 0) is 9.47 Å². The SMILES string of the molecule is [B][C@@H]1O[C@]2(CC)C(C)[C@@H]1O[C@H]2CC. The molecule has 2 bridgehead atoms. The fourth-order valence-corrected chi connectivity index (χ4v) is 2.93. The van der Waals surface area contributed by atoms with Gasteiger partial charge < -0.3 is 9.47 Å². The van der Waals surface area contributed by atoms with Crippen LogP contribution in [-0.4, -0.2) is 31.7 Å². The summed E-state index contributed by atoms with van der Waals surface area (Å²) in [7, 11) is 5.84. The maximum Gasteiger partial charge on any atom is 0.112 e. The summed E-state index contributed by atoms with van der Waals surface area (Å²) >= 11 is 0. The second kappa shape index (κ2) is 2.99. The Morgan fingerprint density at radius 1 is 1.38 bits per heavy atom. The molecule has 5 atom stereocenters. The number of hydrogen-bond donors (Lipinski definition) is 0. The molecule has 2 aliphatic rings. The summed E-state index contributed by atoms with van der Waals surface area (Å²) in [5, 5.41) is 0. The molecule has 0 saturated carbocycles. The zero-order valence-electron chi connectivity index (χ0n) is 8.62. The Hall–Kier alpha value is -0.0151. The quantitative estimate of drug-likeness (QED) is 0.599. The Bertz CT molecular complexity index is 205. The summed E-state index contributed by atoms with van der Waals surface area (Å²) in [5.74, 6) is 0.442. The fourth-order valence-electron chi connectivity index (χ4n) is 2.93. The fraction of sp³-hybridized carbons (Fsp3) is 1.00. The molecule has 1 unspecified atom stereocenters. The van der Waals surface area contributed by atoms with Crippen molar-refractivity contribution in [2.75, 3.05) is 0 Å². The van der Waals surface area contributed by atoms with Crippen molar-refractivity contribution in [2.24, 2.45) is 5.92 Å². The van der Waals surface area contributed by atoms with Gasteiger partial charge in [-0.25, -0.2) is 0 Å². The monoisotopic (exact) mass is 180 g/mol. The van der Waals surface area contributed by atoms with Gasteiger partial charge in [-0.1, -0.05) is 20.8 Å². The van der Waals surface area contributed by atoms with Crippen LogP contribution in [0.3, 0.4) is 0 Å². The van der Waals surface area contributed by atoms with Gasteiger partial charge in [0.2, 0.25) is 0 Å². The smallest absolute Gasteiger partial charge is 0.112 e. The lowest BCUT2D eigenvalue weighted by molar-refractivity contribution is -0.163. The topological polar surface area (TPSA) is 18.5 Å². The van der Waals surface area contributed by atoms with Crippen molar-refractivity contribution in [3.8, 4) is 0 Å². The maximum atomic E-state index is 5.88. The van der Waals surface area contributed by atoms with E-state index in [2.05, 4.69) is 20.8 Å². The molecule has 2 nitrogen and oxygen atoms in total. The van der Waals surface area contributed by atoms with Gasteiger partial charge >= 0.3 is 0 Å². The lowest BCUT2D eigenvalue weighted by Gasteiger charge is -2.36. The van der Waals surface area contributed by atoms with Crippen molar-refractivity contribution in [2.45, 2.75) is 57.4 Å². The van der Waals surface area contributed by atoms with Crippen molar-refractivity contribution >= 4 is 7.85 Å². The molecule has 0 spiro atoms. The minimum atomic E-state index is -0.210. The first-order valence-corrected chi connectivity index (χ1v) is 5.24. The highest BCUT2D eigenvalue weighted by Gasteiger charge is 2.61. The first-order chi connectivity index (χ1) is 6.15. The first-order valence-electron chi connectivity index (χ1n) is 5.24. The molecule has 0 amide bonds. The minimum Gasteiger partial charge on any atom is -0.376 e. The molecular weight excluding hydrogens is 163 g/mol. The summed E-state index contributed by atoms with van der Waals surface area (Å²) < 4.78 is 11.7. The van der Waals surface area contributed by atoms with Gasteiger partial charge in [0.05, 0.1) is 17.8 Å². The van der Waals surface area contributed by atoms with Gasteiger partial charge in [-0.2, -0.15) is 0 Å². The van der Waals surface area contributed by atoms with Crippen LogP contribution in [0.15, 0.2) is 0 Å². The van der Waals surface area contributed by atoms with E-state index in [9.17, 15) is 0 Å². The van der Waals surface area contributed by atoms with Crippen LogP contribution in [0.1, 0.15) is 33.6 Å². The van der Waals surface area contributed by atoms with Crippen LogP contribution in [0.25, 0.3) is 0 Å². The van der Waals surface area contributed by atoms with Crippen LogP contribution < -0.4 is 0 Å². The van der Waals surface area contributed by atoms with Crippen molar-refractivity contribution < 1.29 is 9.47 Å². The van der Waals surface area contributed by atoms with Crippen LogP contribution in [0.5, 0.6) is 0 Å². The second-order valence-electron chi connectivity index (χ2n) is 4.18. The Labute approximate surface area is 81.4 Å². The molecule has 0 aromatic heterocycles. The summed E-state index contributed by atoms with van der Waals surface area (Å²) in [5.41, 5.74) is -0.0984. The van der Waals surface area contributed by atoms with E-state index < -0.39 is 0 Å². The number of fused-ring (bicyclic) bond motifs is 2. The number of rotatable bonds is 2. The van der Waals surface area contributed by atoms with Gasteiger partial charge in [-0.15, -0.1) is 0 Å². The number of hydrogen-bond acceptors (Lipinski definition) is 2. The van der Waals surface area contributed by atoms with Gasteiger partial charge in [0.25, 0.3) is 0 Å². The zero-order valence-corrected chi connectivity index (χ0v) is 8.62. The Morgan fingerprint density at radius 3 is 2.54 bits per heavy atom. The third-order valence-electron chi connectivity index (χ3n) is 3.73. The van der Waals surface area contributed by atoms with E-state index in [-0.39, 0.29) is 23.8 Å². The molecule has 3 heteroatoms. The highest BCUT2D eigenvalue weighted by Crippen LogP contribution is 2.50. The maximum absolute atomic E-state index is 5.88. The van der Waals surface area contributed by atoms with Crippen LogP contribution in [0.2, 0.25) is 0 Å². The molecule has 0 aliphatic carbocycles. The molecule has 0 aromatic rings. The summed E-state index contributed by atoms with van der Waals surface area (Å²) in [6.07, 6.45) is 2.38. The Kier molecular flexibility index (Phi) is 2.19. The minimum absolute atomic E-state index is 0.0984. The van der Waals surface area contributed by atoms with E-state index in [1.54, 1.807) is 0 Å². The van der Waals surface area contributed by atoms with Crippen LogP contribution in [0.4, 0.5) is 0 Å². The molecule has 2 heterocycles. The normalized spacial score (nSPS) is 54.4. The largest absolute Gasteiger partial charge is 0.376 e. The highest BCUT2D eigenvalue weighted by molar-refractivity contribution is 6.11. The summed E-state index contributed by atoms with van der Waals surface area (Å²) in [6, 6.07) is -0.210. The lowest BCUT2D eigenvalue weighted by Crippen LogP contribution is -2.45. The van der Waals surface area contributed by atoms with Crippen molar-refractivity contribution in [3.05, 3.63) is 0 Å². The molecule has 2 fully saturated rings. The van der Waals surface area contributed by atoms with Gasteiger partial charge in [0, 0.05) is 11.9 Å². The van der Waals surface area contributed by atoms with Gasteiger partial charge in [0.15, 0.2) is 0 Å². The molecular formula is C10H17BO2. The molecule has 2 aliphatic heterocycles. The summed E-state index contributed by atoms with van der Waals surface area (Å²) in [4.78, 5) is 0. The Balaban J connectivity index is 2.27. The molecule has 2 rings (SSSR count). The number of ether oxygens (including phenoxy) is 2. The van der Waals surface area contributed by atoms with E-state index in [1.807, 2.05) is 0 Å². The molecule has 0 aromatic carbocycles. The molecule has 13 heavy (non-hydrogen) atoms. The van der Waals surface area contributed by atoms with Gasteiger partial charge in [-0.3, -0.25) is 0 Å². The second-order valence-corrected chi connectivity index (χ2v) is 4.18. The molecule has 2 radical (unpaired) electrons. The standard InChI is InChI=1S/C10H17BO2/c1-4-7-10(5-2)6(3)8(12-7)9(11)13-10/h6-9H,4-5H2,1-3H3/t6?,7-,8-,9+,10+/m0/s1. The van der Waals surface area contributed by atoms with Crippen molar-refractivity contribution in [3.63, 3.8) is 0 Å². The van der Waals surface area contributed by atoms with Crippen molar-refractivity contribution in [1.82, 2.24) is 0 Å². The predicted octanol–water partition coefficient (Wildman–Crippen LogP) is 1.47. The van der Waals surface area contributed by atoms with E-state index in [1.165, 1.54) is 0 Å². The van der Waals surface area contributed by atoms with Crippen LogP contribution in [0, 0.1) is 5.92 Å². The van der Waals surface area contributed by atoms with Crippen LogP contribution >= 0.6 is 0 Å².